The Balaban J connectivity index is 2.83. The number of carbonyl (C=O) groups is 2. The zero-order valence-electron chi connectivity index (χ0n) is 12.8. The molecule has 0 aliphatic carbocycles. The van der Waals surface area contributed by atoms with Crippen LogP contribution < -0.4 is 0 Å². The van der Waals surface area contributed by atoms with E-state index in [0.29, 0.717) is 18.9 Å². The fourth-order valence-electron chi connectivity index (χ4n) is 2.53. The van der Waals surface area contributed by atoms with E-state index in [9.17, 15) is 9.59 Å². The lowest BCUT2D eigenvalue weighted by Crippen LogP contribution is -2.38. The van der Waals surface area contributed by atoms with Crippen molar-refractivity contribution >= 4 is 11.9 Å². The molecule has 1 heterocycles. The highest BCUT2D eigenvalue weighted by molar-refractivity contribution is 5.82. The fraction of sp³-hybridized carbons (Fsp3) is 0.733. The Morgan fingerprint density at radius 3 is 2.65 bits per heavy atom. The minimum atomic E-state index is -0.310. The van der Waals surface area contributed by atoms with Gasteiger partial charge in [0.15, 0.2) is 0 Å². The highest BCUT2D eigenvalue weighted by atomic mass is 16.5. The molecule has 1 fully saturated rings. The first-order chi connectivity index (χ1) is 9.49. The highest BCUT2D eigenvalue weighted by Gasteiger charge is 2.30. The minimum Gasteiger partial charge on any atom is -0.469 e. The van der Waals surface area contributed by atoms with Crippen molar-refractivity contribution in [3.63, 3.8) is 0 Å². The van der Waals surface area contributed by atoms with Crippen molar-refractivity contribution in [3.8, 4) is 0 Å². The predicted octanol–water partition coefficient (Wildman–Crippen LogP) is 2.12. The van der Waals surface area contributed by atoms with Crippen molar-refractivity contribution in [1.82, 2.24) is 4.90 Å². The maximum atomic E-state index is 11.6. The molecule has 114 valence electrons. The number of esters is 2. The van der Waals surface area contributed by atoms with E-state index in [2.05, 4.69) is 18.7 Å². The third-order valence-electron chi connectivity index (χ3n) is 3.55. The van der Waals surface area contributed by atoms with E-state index in [1.54, 1.807) is 13.0 Å². The average Bonchev–Trinajstić information content (AvgIpc) is 2.83. The molecule has 0 aromatic carbocycles. The van der Waals surface area contributed by atoms with E-state index in [1.165, 1.54) is 7.11 Å². The predicted molar refractivity (Wildman–Crippen MR) is 75.9 cm³/mol. The molecule has 1 rings (SSSR count). The number of rotatable bonds is 6. The van der Waals surface area contributed by atoms with Gasteiger partial charge < -0.3 is 14.4 Å². The van der Waals surface area contributed by atoms with Crippen LogP contribution in [0.15, 0.2) is 11.8 Å². The van der Waals surface area contributed by atoms with E-state index >= 15 is 0 Å². The zero-order valence-corrected chi connectivity index (χ0v) is 12.8. The molecule has 0 aromatic heterocycles. The number of hydrogen-bond acceptors (Lipinski definition) is 5. The third-order valence-corrected chi connectivity index (χ3v) is 3.55. The van der Waals surface area contributed by atoms with Crippen LogP contribution in [0.2, 0.25) is 0 Å². The molecule has 0 unspecified atom stereocenters. The largest absolute Gasteiger partial charge is 0.469 e. The van der Waals surface area contributed by atoms with E-state index in [0.717, 1.165) is 25.1 Å². The van der Waals surface area contributed by atoms with Gasteiger partial charge in [-0.05, 0) is 25.7 Å². The van der Waals surface area contributed by atoms with Crippen LogP contribution in [-0.2, 0) is 19.1 Å². The second kappa shape index (κ2) is 7.92. The zero-order chi connectivity index (χ0) is 15.1. The number of likely N-dealkylation sites (tertiary alicyclic amines) is 1. The van der Waals surface area contributed by atoms with Gasteiger partial charge in [-0.3, -0.25) is 4.79 Å². The fourth-order valence-corrected chi connectivity index (χ4v) is 2.53. The van der Waals surface area contributed by atoms with E-state index in [1.807, 2.05) is 0 Å². The van der Waals surface area contributed by atoms with E-state index in [-0.39, 0.29) is 18.0 Å². The summed E-state index contributed by atoms with van der Waals surface area (Å²) in [5, 5.41) is 0. The van der Waals surface area contributed by atoms with Gasteiger partial charge in [0.25, 0.3) is 0 Å². The summed E-state index contributed by atoms with van der Waals surface area (Å²) in [5.41, 5.74) is 0.964. The first kappa shape index (κ1) is 16.5. The summed E-state index contributed by atoms with van der Waals surface area (Å²) in [6, 6.07) is 0.0608. The average molecular weight is 283 g/mol. The lowest BCUT2D eigenvalue weighted by atomic mass is 9.99. The molecule has 0 N–H and O–H groups in total. The third kappa shape index (κ3) is 4.54. The number of allylic oxidation sites excluding steroid dienone is 1. The maximum Gasteiger partial charge on any atom is 0.332 e. The SMILES string of the molecule is CCOC(=O)/C=C1\CCCN1[C@H](CC(=O)OC)C(C)C. The molecule has 0 radical (unpaired) electrons. The summed E-state index contributed by atoms with van der Waals surface area (Å²) >= 11 is 0. The quantitative estimate of drug-likeness (QED) is 0.552. The van der Waals surface area contributed by atoms with Gasteiger partial charge in [0, 0.05) is 24.4 Å². The summed E-state index contributed by atoms with van der Waals surface area (Å²) in [5.74, 6) is -0.223. The molecule has 1 atom stereocenters. The van der Waals surface area contributed by atoms with Crippen LogP contribution in [0, 0.1) is 5.92 Å². The maximum absolute atomic E-state index is 11.6. The number of nitrogens with zero attached hydrogens (tertiary/aromatic N) is 1. The normalized spacial score (nSPS) is 18.4. The van der Waals surface area contributed by atoms with Crippen LogP contribution in [0.1, 0.15) is 40.0 Å². The smallest absolute Gasteiger partial charge is 0.332 e. The van der Waals surface area contributed by atoms with Gasteiger partial charge in [0.05, 0.1) is 20.1 Å². The van der Waals surface area contributed by atoms with Crippen LogP contribution >= 0.6 is 0 Å². The topological polar surface area (TPSA) is 55.8 Å². The standard InChI is InChI=1S/C15H25NO4/c1-5-20-15(18)9-12-7-6-8-16(12)13(11(2)3)10-14(17)19-4/h9,11,13H,5-8,10H2,1-4H3/b12-9+/t13-/m1/s1. The Hall–Kier alpha value is -1.52. The second-order valence-electron chi connectivity index (χ2n) is 5.28. The second-order valence-corrected chi connectivity index (χ2v) is 5.28. The molecule has 0 saturated carbocycles. The van der Waals surface area contributed by atoms with E-state index in [4.69, 9.17) is 9.47 Å². The summed E-state index contributed by atoms with van der Waals surface area (Å²) in [6.07, 6.45) is 3.75. The van der Waals surface area contributed by atoms with Crippen LogP contribution in [0.3, 0.4) is 0 Å². The minimum absolute atomic E-state index is 0.0608. The van der Waals surface area contributed by atoms with Gasteiger partial charge in [-0.2, -0.15) is 0 Å². The van der Waals surface area contributed by atoms with Crippen molar-refractivity contribution < 1.29 is 19.1 Å². The van der Waals surface area contributed by atoms with Gasteiger partial charge in [-0.15, -0.1) is 0 Å². The molecule has 0 amide bonds. The lowest BCUT2D eigenvalue weighted by molar-refractivity contribution is -0.142. The molecule has 0 aromatic rings. The van der Waals surface area contributed by atoms with Gasteiger partial charge in [0.1, 0.15) is 0 Å². The Bertz CT molecular complexity index is 376. The van der Waals surface area contributed by atoms with Gasteiger partial charge in [0.2, 0.25) is 0 Å². The molecule has 1 aliphatic rings. The Kier molecular flexibility index (Phi) is 6.55. The Labute approximate surface area is 120 Å². The number of hydrogen-bond donors (Lipinski definition) is 0. The summed E-state index contributed by atoms with van der Waals surface area (Å²) in [7, 11) is 1.40. The van der Waals surface area contributed by atoms with Crippen LogP contribution in [-0.4, -0.2) is 43.1 Å². The Morgan fingerprint density at radius 1 is 1.40 bits per heavy atom. The molecule has 0 bridgehead atoms. The molecule has 0 spiro atoms. The van der Waals surface area contributed by atoms with Crippen molar-refractivity contribution in [2.45, 2.75) is 46.1 Å². The number of methoxy groups -OCH3 is 1. The van der Waals surface area contributed by atoms with Gasteiger partial charge >= 0.3 is 11.9 Å². The molecule has 20 heavy (non-hydrogen) atoms. The monoisotopic (exact) mass is 283 g/mol. The van der Waals surface area contributed by atoms with E-state index < -0.39 is 0 Å². The first-order valence-corrected chi connectivity index (χ1v) is 7.20. The Morgan fingerprint density at radius 2 is 2.10 bits per heavy atom. The molecule has 5 heteroatoms. The summed E-state index contributed by atoms with van der Waals surface area (Å²) < 4.78 is 9.73. The summed E-state index contributed by atoms with van der Waals surface area (Å²) in [4.78, 5) is 25.3. The lowest BCUT2D eigenvalue weighted by Gasteiger charge is -2.33. The molecule has 1 saturated heterocycles. The van der Waals surface area contributed by atoms with Gasteiger partial charge in [-0.25, -0.2) is 4.79 Å². The molecule has 5 nitrogen and oxygen atoms in total. The molecular formula is C15H25NO4. The van der Waals surface area contributed by atoms with Crippen molar-refractivity contribution in [2.75, 3.05) is 20.3 Å². The highest BCUT2D eigenvalue weighted by Crippen LogP contribution is 2.28. The van der Waals surface area contributed by atoms with Crippen molar-refractivity contribution in [3.05, 3.63) is 11.8 Å². The molecular weight excluding hydrogens is 258 g/mol. The molecule has 1 aliphatic heterocycles. The van der Waals surface area contributed by atoms with Crippen molar-refractivity contribution in [2.24, 2.45) is 5.92 Å². The van der Waals surface area contributed by atoms with Crippen molar-refractivity contribution in [1.29, 1.82) is 0 Å². The van der Waals surface area contributed by atoms with Crippen LogP contribution in [0.4, 0.5) is 0 Å². The number of carbonyl (C=O) groups excluding carboxylic acids is 2. The van der Waals surface area contributed by atoms with Crippen LogP contribution in [0.5, 0.6) is 0 Å². The van der Waals surface area contributed by atoms with Crippen LogP contribution in [0.25, 0.3) is 0 Å². The van der Waals surface area contributed by atoms with Gasteiger partial charge in [-0.1, -0.05) is 13.8 Å². The summed E-state index contributed by atoms with van der Waals surface area (Å²) in [6.45, 7) is 7.18. The number of ether oxygens (including phenoxy) is 2. The first-order valence-electron chi connectivity index (χ1n) is 7.20.